The van der Waals surface area contributed by atoms with Crippen molar-refractivity contribution in [1.82, 2.24) is 25.4 Å². The highest BCUT2D eigenvalue weighted by molar-refractivity contribution is 5.74. The molecular weight excluding hydrogens is 206 g/mol. The largest absolute Gasteiger partial charge is 0.331 e. The van der Waals surface area contributed by atoms with Crippen LogP contribution in [0.25, 0.3) is 0 Å². The lowest BCUT2D eigenvalue weighted by Gasteiger charge is -2.20. The van der Waals surface area contributed by atoms with Crippen molar-refractivity contribution in [1.29, 1.82) is 0 Å². The van der Waals surface area contributed by atoms with E-state index < -0.39 is 0 Å². The Hall–Kier alpha value is -1.59. The van der Waals surface area contributed by atoms with Gasteiger partial charge in [-0.3, -0.25) is 5.10 Å². The highest BCUT2D eigenvalue weighted by Gasteiger charge is 2.14. The molecule has 1 aromatic rings. The molecule has 1 fully saturated rings. The number of aromatic amines is 1. The van der Waals surface area contributed by atoms with Crippen LogP contribution in [-0.2, 0) is 6.54 Å². The summed E-state index contributed by atoms with van der Waals surface area (Å²) in [5.41, 5.74) is 0. The van der Waals surface area contributed by atoms with Gasteiger partial charge in [-0.2, -0.15) is 5.10 Å². The van der Waals surface area contributed by atoms with Crippen LogP contribution < -0.4 is 5.32 Å². The summed E-state index contributed by atoms with van der Waals surface area (Å²) in [5, 5.41) is 9.28. The van der Waals surface area contributed by atoms with Gasteiger partial charge in [0.2, 0.25) is 0 Å². The van der Waals surface area contributed by atoms with Gasteiger partial charge in [-0.15, -0.1) is 0 Å². The maximum Gasteiger partial charge on any atom is 0.317 e. The molecule has 6 nitrogen and oxygen atoms in total. The summed E-state index contributed by atoms with van der Waals surface area (Å²) in [7, 11) is 0. The van der Waals surface area contributed by atoms with Gasteiger partial charge >= 0.3 is 6.03 Å². The zero-order chi connectivity index (χ0) is 11.2. The van der Waals surface area contributed by atoms with Gasteiger partial charge in [-0.05, 0) is 12.8 Å². The number of aromatic nitrogens is 3. The fraction of sp³-hybridized carbons (Fsp3) is 0.700. The van der Waals surface area contributed by atoms with Crippen LogP contribution in [0.1, 0.15) is 31.5 Å². The predicted octanol–water partition coefficient (Wildman–Crippen LogP) is 0.890. The van der Waals surface area contributed by atoms with Crippen molar-refractivity contribution in [2.24, 2.45) is 0 Å². The van der Waals surface area contributed by atoms with Gasteiger partial charge in [0, 0.05) is 13.1 Å². The molecule has 16 heavy (non-hydrogen) atoms. The van der Waals surface area contributed by atoms with Crippen LogP contribution in [0.5, 0.6) is 0 Å². The van der Waals surface area contributed by atoms with E-state index in [0.29, 0.717) is 12.4 Å². The minimum absolute atomic E-state index is 0.00157. The third kappa shape index (κ3) is 2.95. The number of hydrogen-bond acceptors (Lipinski definition) is 3. The highest BCUT2D eigenvalue weighted by Crippen LogP contribution is 2.09. The first-order valence-electron chi connectivity index (χ1n) is 5.73. The lowest BCUT2D eigenvalue weighted by molar-refractivity contribution is 0.199. The van der Waals surface area contributed by atoms with Crippen LogP contribution in [0.2, 0.25) is 0 Å². The summed E-state index contributed by atoms with van der Waals surface area (Å²) < 4.78 is 0. The lowest BCUT2D eigenvalue weighted by Crippen LogP contribution is -2.40. The lowest BCUT2D eigenvalue weighted by atomic mass is 10.2. The first kappa shape index (κ1) is 10.9. The van der Waals surface area contributed by atoms with Crippen molar-refractivity contribution >= 4 is 6.03 Å². The smallest absolute Gasteiger partial charge is 0.317 e. The maximum atomic E-state index is 11.8. The maximum absolute atomic E-state index is 11.8. The van der Waals surface area contributed by atoms with Crippen LogP contribution in [0, 0.1) is 0 Å². The van der Waals surface area contributed by atoms with Crippen molar-refractivity contribution in [3.05, 3.63) is 12.2 Å². The number of nitrogens with one attached hydrogen (secondary N) is 2. The molecule has 0 bridgehead atoms. The Morgan fingerprint density at radius 2 is 2.12 bits per heavy atom. The van der Waals surface area contributed by atoms with E-state index >= 15 is 0 Å². The van der Waals surface area contributed by atoms with Crippen molar-refractivity contribution in [3.8, 4) is 0 Å². The summed E-state index contributed by atoms with van der Waals surface area (Å²) in [4.78, 5) is 17.6. The molecule has 0 atom stereocenters. The molecule has 6 heteroatoms. The normalized spacial score (nSPS) is 16.9. The van der Waals surface area contributed by atoms with Gasteiger partial charge in [0.05, 0.1) is 6.54 Å². The SMILES string of the molecule is O=C(NCc1ncn[nH]1)N1CCCCCC1. The van der Waals surface area contributed by atoms with E-state index in [4.69, 9.17) is 0 Å². The Balaban J connectivity index is 1.78. The topological polar surface area (TPSA) is 73.9 Å². The Bertz CT molecular complexity index is 316. The third-order valence-electron chi connectivity index (χ3n) is 2.77. The summed E-state index contributed by atoms with van der Waals surface area (Å²) >= 11 is 0. The van der Waals surface area contributed by atoms with E-state index in [9.17, 15) is 4.79 Å². The van der Waals surface area contributed by atoms with Crippen LogP contribution >= 0.6 is 0 Å². The van der Waals surface area contributed by atoms with Crippen LogP contribution in [-0.4, -0.2) is 39.2 Å². The van der Waals surface area contributed by atoms with E-state index in [1.807, 2.05) is 4.90 Å². The van der Waals surface area contributed by atoms with Crippen LogP contribution in [0.3, 0.4) is 0 Å². The molecule has 2 amide bonds. The minimum atomic E-state index is -0.00157. The molecule has 1 aliphatic rings. The Morgan fingerprint density at radius 1 is 1.38 bits per heavy atom. The predicted molar refractivity (Wildman–Crippen MR) is 58.7 cm³/mol. The Morgan fingerprint density at radius 3 is 2.75 bits per heavy atom. The van der Waals surface area contributed by atoms with Gasteiger partial charge in [0.1, 0.15) is 12.2 Å². The molecule has 0 radical (unpaired) electrons. The van der Waals surface area contributed by atoms with Crippen LogP contribution in [0.15, 0.2) is 6.33 Å². The van der Waals surface area contributed by atoms with Crippen molar-refractivity contribution in [2.75, 3.05) is 13.1 Å². The van der Waals surface area contributed by atoms with E-state index in [2.05, 4.69) is 20.5 Å². The summed E-state index contributed by atoms with van der Waals surface area (Å²) in [6, 6.07) is -0.00157. The second-order valence-corrected chi connectivity index (χ2v) is 3.99. The zero-order valence-corrected chi connectivity index (χ0v) is 9.28. The second-order valence-electron chi connectivity index (χ2n) is 3.99. The molecule has 0 unspecified atom stereocenters. The van der Waals surface area contributed by atoms with E-state index in [1.165, 1.54) is 19.2 Å². The number of H-pyrrole nitrogens is 1. The third-order valence-corrected chi connectivity index (χ3v) is 2.77. The molecule has 0 saturated carbocycles. The van der Waals surface area contributed by atoms with Crippen molar-refractivity contribution in [3.63, 3.8) is 0 Å². The number of hydrogen-bond donors (Lipinski definition) is 2. The van der Waals surface area contributed by atoms with Crippen molar-refractivity contribution < 1.29 is 4.79 Å². The second kappa shape index (κ2) is 5.48. The average molecular weight is 223 g/mol. The summed E-state index contributed by atoms with van der Waals surface area (Å²) in [6.45, 7) is 2.14. The van der Waals surface area contributed by atoms with E-state index in [0.717, 1.165) is 25.9 Å². The number of amides is 2. The monoisotopic (exact) mass is 223 g/mol. The van der Waals surface area contributed by atoms with Gasteiger partial charge < -0.3 is 10.2 Å². The van der Waals surface area contributed by atoms with Gasteiger partial charge in [-0.1, -0.05) is 12.8 Å². The number of likely N-dealkylation sites (tertiary alicyclic amines) is 1. The fourth-order valence-electron chi connectivity index (χ4n) is 1.86. The molecule has 1 aromatic heterocycles. The van der Waals surface area contributed by atoms with Crippen molar-refractivity contribution in [2.45, 2.75) is 32.2 Å². The van der Waals surface area contributed by atoms with Crippen LogP contribution in [0.4, 0.5) is 4.79 Å². The van der Waals surface area contributed by atoms with E-state index in [1.54, 1.807) is 0 Å². The summed E-state index contributed by atoms with van der Waals surface area (Å²) in [6.07, 6.45) is 6.11. The first-order valence-corrected chi connectivity index (χ1v) is 5.73. The average Bonchev–Trinajstić information content (AvgIpc) is 2.66. The molecule has 2 rings (SSSR count). The zero-order valence-electron chi connectivity index (χ0n) is 9.28. The number of carbonyl (C=O) groups is 1. The van der Waals surface area contributed by atoms with E-state index in [-0.39, 0.29) is 6.03 Å². The quantitative estimate of drug-likeness (QED) is 0.782. The number of rotatable bonds is 2. The molecule has 0 aliphatic carbocycles. The molecule has 0 spiro atoms. The highest BCUT2D eigenvalue weighted by atomic mass is 16.2. The van der Waals surface area contributed by atoms with Gasteiger partial charge in [-0.25, -0.2) is 9.78 Å². The molecular formula is C10H17N5O. The molecule has 0 aromatic carbocycles. The minimum Gasteiger partial charge on any atom is -0.331 e. The first-order chi connectivity index (χ1) is 7.86. The Labute approximate surface area is 94.4 Å². The molecule has 1 saturated heterocycles. The Kier molecular flexibility index (Phi) is 3.74. The van der Waals surface area contributed by atoms with Gasteiger partial charge in [0.25, 0.3) is 0 Å². The number of urea groups is 1. The standard InChI is InChI=1S/C10H17N5O/c16-10(11-7-9-12-8-13-14-9)15-5-3-1-2-4-6-15/h8H,1-7H2,(H,11,16)(H,12,13,14). The summed E-state index contributed by atoms with van der Waals surface area (Å²) in [5.74, 6) is 0.683. The molecule has 2 heterocycles. The number of carbonyl (C=O) groups excluding carboxylic acids is 1. The fourth-order valence-corrected chi connectivity index (χ4v) is 1.86. The number of nitrogens with zero attached hydrogens (tertiary/aromatic N) is 3. The molecule has 88 valence electrons. The van der Waals surface area contributed by atoms with Gasteiger partial charge in [0.15, 0.2) is 0 Å². The molecule has 1 aliphatic heterocycles. The molecule has 2 N–H and O–H groups in total.